The second-order valence-corrected chi connectivity index (χ2v) is 11.0. The Morgan fingerprint density at radius 3 is 2.43 bits per heavy atom. The second kappa shape index (κ2) is 9.29. The van der Waals surface area contributed by atoms with Gasteiger partial charge in [0.25, 0.3) is 0 Å². The maximum Gasteiger partial charge on any atom is 0.134 e. The first-order valence-electron chi connectivity index (χ1n) is 12.8. The molecule has 0 radical (unpaired) electrons. The molecule has 2 heterocycles. The molecule has 2 aromatic rings. The third-order valence-electron chi connectivity index (χ3n) is 7.49. The first-order valence-corrected chi connectivity index (χ1v) is 12.8. The molecule has 5 rings (SSSR count). The number of nitrogens with zero attached hydrogens (tertiary/aromatic N) is 2. The number of ether oxygens (including phenoxy) is 1. The summed E-state index contributed by atoms with van der Waals surface area (Å²) in [6.45, 7) is 9.83. The van der Waals surface area contributed by atoms with Gasteiger partial charge in [0.05, 0.1) is 6.04 Å². The van der Waals surface area contributed by atoms with Gasteiger partial charge in [-0.25, -0.2) is 13.2 Å². The lowest BCUT2D eigenvalue weighted by Gasteiger charge is -2.44. The van der Waals surface area contributed by atoms with Crippen molar-refractivity contribution < 1.29 is 17.9 Å². The van der Waals surface area contributed by atoms with E-state index >= 15 is 8.78 Å². The lowest BCUT2D eigenvalue weighted by molar-refractivity contribution is 0.0197. The van der Waals surface area contributed by atoms with Crippen LogP contribution in [0.1, 0.15) is 63.3 Å². The zero-order chi connectivity index (χ0) is 24.9. The van der Waals surface area contributed by atoms with Gasteiger partial charge in [0.2, 0.25) is 0 Å². The van der Waals surface area contributed by atoms with Gasteiger partial charge in [-0.2, -0.15) is 0 Å². The molecule has 188 valence electrons. The van der Waals surface area contributed by atoms with Crippen LogP contribution in [0.4, 0.5) is 13.2 Å². The van der Waals surface area contributed by atoms with E-state index in [0.29, 0.717) is 6.42 Å². The Morgan fingerprint density at radius 1 is 1.09 bits per heavy atom. The van der Waals surface area contributed by atoms with E-state index in [4.69, 9.17) is 4.74 Å². The van der Waals surface area contributed by atoms with Crippen LogP contribution in [0.5, 0.6) is 5.75 Å². The number of rotatable bonds is 7. The van der Waals surface area contributed by atoms with Crippen LogP contribution in [0, 0.1) is 11.6 Å². The molecule has 3 nitrogen and oxygen atoms in total. The monoisotopic (exact) mass is 484 g/mol. The van der Waals surface area contributed by atoms with Crippen molar-refractivity contribution in [1.82, 2.24) is 9.80 Å². The molecule has 0 unspecified atom stereocenters. The molecule has 3 aliphatic rings. The normalized spacial score (nSPS) is 23.3. The Balaban J connectivity index is 1.50. The number of halogens is 3. The summed E-state index contributed by atoms with van der Waals surface area (Å²) in [5, 5.41) is 0. The molecule has 0 N–H and O–H groups in total. The van der Waals surface area contributed by atoms with Gasteiger partial charge >= 0.3 is 0 Å². The first-order chi connectivity index (χ1) is 16.6. The van der Waals surface area contributed by atoms with Crippen LogP contribution in [-0.4, -0.2) is 53.8 Å². The van der Waals surface area contributed by atoms with E-state index < -0.39 is 23.3 Å². The molecule has 1 fully saturated rings. The van der Waals surface area contributed by atoms with E-state index in [0.717, 1.165) is 49.2 Å². The molecular formula is C29H35F3N2O. The van der Waals surface area contributed by atoms with Gasteiger partial charge in [0.1, 0.15) is 29.2 Å². The van der Waals surface area contributed by atoms with E-state index in [1.807, 2.05) is 24.0 Å². The zero-order valence-electron chi connectivity index (χ0n) is 21.1. The van der Waals surface area contributed by atoms with Crippen molar-refractivity contribution >= 4 is 5.57 Å². The van der Waals surface area contributed by atoms with Crippen molar-refractivity contribution in [2.75, 3.05) is 26.2 Å². The third-order valence-corrected chi connectivity index (χ3v) is 7.49. The topological polar surface area (TPSA) is 15.7 Å². The van der Waals surface area contributed by atoms with Crippen LogP contribution < -0.4 is 4.74 Å². The molecule has 2 aromatic carbocycles. The fraction of sp³-hybridized carbons (Fsp3) is 0.517. The van der Waals surface area contributed by atoms with Crippen molar-refractivity contribution in [3.8, 4) is 5.75 Å². The number of fused-ring (bicyclic) bond motifs is 2. The molecule has 35 heavy (non-hydrogen) atoms. The summed E-state index contributed by atoms with van der Waals surface area (Å²) in [4.78, 5) is 4.21. The smallest absolute Gasteiger partial charge is 0.134 e. The van der Waals surface area contributed by atoms with Crippen molar-refractivity contribution in [2.24, 2.45) is 0 Å². The number of benzene rings is 2. The molecule has 6 heteroatoms. The summed E-state index contributed by atoms with van der Waals surface area (Å²) in [5.41, 5.74) is 2.94. The lowest BCUT2D eigenvalue weighted by atomic mass is 9.84. The van der Waals surface area contributed by atoms with Gasteiger partial charge in [-0.05, 0) is 68.9 Å². The predicted molar refractivity (Wildman–Crippen MR) is 133 cm³/mol. The Morgan fingerprint density at radius 2 is 1.77 bits per heavy atom. The number of hydrogen-bond acceptors (Lipinski definition) is 3. The van der Waals surface area contributed by atoms with Crippen molar-refractivity contribution in [3.05, 3.63) is 70.3 Å². The summed E-state index contributed by atoms with van der Waals surface area (Å²) in [6, 6.07) is 10.0. The van der Waals surface area contributed by atoms with E-state index in [1.54, 1.807) is 0 Å². The van der Waals surface area contributed by atoms with Crippen LogP contribution in [-0.2, 0) is 6.42 Å². The SMILES string of the molecule is CCCN1CC(Oc2cc(F)c([C@@H]3C4=C(C[C@@H](C)N3CC(C)(C)F)c3ccccc3C4)c(F)c2)C1. The van der Waals surface area contributed by atoms with Crippen LogP contribution in [0.15, 0.2) is 42.0 Å². The van der Waals surface area contributed by atoms with E-state index in [9.17, 15) is 4.39 Å². The maximum absolute atomic E-state index is 15.7. The molecule has 1 aliphatic carbocycles. The van der Waals surface area contributed by atoms with Gasteiger partial charge < -0.3 is 4.74 Å². The van der Waals surface area contributed by atoms with E-state index in [1.165, 1.54) is 31.5 Å². The van der Waals surface area contributed by atoms with Gasteiger partial charge in [-0.3, -0.25) is 9.80 Å². The molecule has 0 bridgehead atoms. The highest BCUT2D eigenvalue weighted by atomic mass is 19.1. The minimum Gasteiger partial charge on any atom is -0.488 e. The molecule has 2 atom stereocenters. The molecule has 0 saturated carbocycles. The highest BCUT2D eigenvalue weighted by molar-refractivity contribution is 5.79. The van der Waals surface area contributed by atoms with Crippen molar-refractivity contribution in [1.29, 1.82) is 0 Å². The van der Waals surface area contributed by atoms with E-state index in [2.05, 4.69) is 24.0 Å². The summed E-state index contributed by atoms with van der Waals surface area (Å²) in [6.07, 6.45) is 2.37. The average Bonchev–Trinajstić information content (AvgIpc) is 3.11. The largest absolute Gasteiger partial charge is 0.488 e. The second-order valence-electron chi connectivity index (χ2n) is 11.0. The lowest BCUT2D eigenvalue weighted by Crippen LogP contribution is -2.53. The zero-order valence-corrected chi connectivity index (χ0v) is 21.1. The minimum atomic E-state index is -1.50. The van der Waals surface area contributed by atoms with Crippen LogP contribution in [0.25, 0.3) is 5.57 Å². The van der Waals surface area contributed by atoms with Gasteiger partial charge in [0.15, 0.2) is 0 Å². The predicted octanol–water partition coefficient (Wildman–Crippen LogP) is 6.33. The molecule has 0 spiro atoms. The highest BCUT2D eigenvalue weighted by Gasteiger charge is 2.43. The number of hydrogen-bond donors (Lipinski definition) is 0. The van der Waals surface area contributed by atoms with Crippen LogP contribution in [0.2, 0.25) is 0 Å². The number of likely N-dealkylation sites (tertiary alicyclic amines) is 1. The Hall–Kier alpha value is -2.31. The Kier molecular flexibility index (Phi) is 6.47. The molecule has 2 aliphatic heterocycles. The summed E-state index contributed by atoms with van der Waals surface area (Å²) in [7, 11) is 0. The first kappa shape index (κ1) is 24.4. The Labute approximate surface area is 206 Å². The van der Waals surface area contributed by atoms with Crippen molar-refractivity contribution in [2.45, 2.75) is 70.8 Å². The van der Waals surface area contributed by atoms with Gasteiger partial charge in [-0.15, -0.1) is 0 Å². The van der Waals surface area contributed by atoms with Gasteiger partial charge in [-0.1, -0.05) is 31.2 Å². The van der Waals surface area contributed by atoms with Crippen LogP contribution >= 0.6 is 0 Å². The summed E-state index contributed by atoms with van der Waals surface area (Å²) >= 11 is 0. The summed E-state index contributed by atoms with van der Waals surface area (Å²) < 4.78 is 52.2. The van der Waals surface area contributed by atoms with Gasteiger partial charge in [0, 0.05) is 43.4 Å². The van der Waals surface area contributed by atoms with Crippen LogP contribution in [0.3, 0.4) is 0 Å². The van der Waals surface area contributed by atoms with E-state index in [-0.39, 0.29) is 30.0 Å². The maximum atomic E-state index is 15.7. The summed E-state index contributed by atoms with van der Waals surface area (Å²) in [5.74, 6) is -1.04. The average molecular weight is 485 g/mol. The molecular weight excluding hydrogens is 449 g/mol. The molecule has 0 amide bonds. The third kappa shape index (κ3) is 4.75. The molecule has 1 saturated heterocycles. The quantitative estimate of drug-likeness (QED) is 0.457. The Bertz CT molecular complexity index is 1110. The highest BCUT2D eigenvalue weighted by Crippen LogP contribution is 2.50. The minimum absolute atomic E-state index is 0.00493. The fourth-order valence-corrected chi connectivity index (χ4v) is 6.02. The fourth-order valence-electron chi connectivity index (χ4n) is 6.02. The number of alkyl halides is 1. The standard InChI is InChI=1S/C29H35F3N2O/c1-5-10-33-15-21(16-33)35-20-13-25(30)27(26(31)14-20)28-24-12-19-8-6-7-9-22(19)23(24)11-18(2)34(28)17-29(3,4)32/h6-9,13-14,18,21,28H,5,10-12,15-17H2,1-4H3/t18-,28+/m1/s1. The molecule has 0 aromatic heterocycles. The van der Waals surface area contributed by atoms with Crippen molar-refractivity contribution in [3.63, 3.8) is 0 Å².